The zero-order chi connectivity index (χ0) is 14.1. The van der Waals surface area contributed by atoms with E-state index in [1.165, 1.54) is 15.0 Å². The van der Waals surface area contributed by atoms with Gasteiger partial charge in [-0.1, -0.05) is 24.3 Å². The summed E-state index contributed by atoms with van der Waals surface area (Å²) < 4.78 is 2.48. The third-order valence-corrected chi connectivity index (χ3v) is 5.84. The van der Waals surface area contributed by atoms with E-state index in [9.17, 15) is 5.11 Å². The number of hydrogen-bond acceptors (Lipinski definition) is 4. The van der Waals surface area contributed by atoms with Crippen LogP contribution in [0.3, 0.4) is 0 Å². The molecule has 3 aromatic rings. The summed E-state index contributed by atoms with van der Waals surface area (Å²) in [6, 6.07) is 12.3. The van der Waals surface area contributed by atoms with Gasteiger partial charge in [-0.25, -0.2) is 0 Å². The largest absolute Gasteiger partial charge is 0.387 e. The maximum absolute atomic E-state index is 10.7. The predicted octanol–water partition coefficient (Wildman–Crippen LogP) is 4.05. The third kappa shape index (κ3) is 2.40. The van der Waals surface area contributed by atoms with Gasteiger partial charge in [-0.05, 0) is 35.6 Å². The summed E-state index contributed by atoms with van der Waals surface area (Å²) >= 11 is 3.37. The van der Waals surface area contributed by atoms with Gasteiger partial charge in [0.1, 0.15) is 0 Å². The van der Waals surface area contributed by atoms with Crippen LogP contribution in [0.1, 0.15) is 28.0 Å². The van der Waals surface area contributed by atoms with Crippen molar-refractivity contribution in [2.75, 3.05) is 6.54 Å². The van der Waals surface area contributed by atoms with E-state index in [0.29, 0.717) is 6.54 Å². The molecule has 3 rings (SSSR count). The summed E-state index contributed by atoms with van der Waals surface area (Å²) in [6.07, 6.45) is -0.536. The smallest absolute Gasteiger partial charge is 0.0963 e. The second kappa shape index (κ2) is 5.66. The van der Waals surface area contributed by atoms with Gasteiger partial charge in [-0.3, -0.25) is 0 Å². The van der Waals surface area contributed by atoms with Crippen molar-refractivity contribution in [3.05, 3.63) is 57.8 Å². The number of aliphatic hydroxyl groups is 1. The number of hydrogen-bond donors (Lipinski definition) is 2. The Morgan fingerprint density at radius 2 is 2.00 bits per heavy atom. The van der Waals surface area contributed by atoms with Gasteiger partial charge in [0.25, 0.3) is 0 Å². The van der Waals surface area contributed by atoms with Crippen LogP contribution in [0.5, 0.6) is 0 Å². The zero-order valence-corrected chi connectivity index (χ0v) is 12.9. The fraction of sp³-hybridized carbons (Fsp3) is 0.250. The Morgan fingerprint density at radius 3 is 2.70 bits per heavy atom. The second-order valence-corrected chi connectivity index (χ2v) is 7.00. The number of nitrogens with two attached hydrogens (primary N) is 1. The van der Waals surface area contributed by atoms with E-state index in [2.05, 4.69) is 36.6 Å². The molecular formula is C16H17NOS2. The Bertz CT molecular complexity index is 687. The van der Waals surface area contributed by atoms with E-state index in [-0.39, 0.29) is 5.92 Å². The molecule has 0 amide bonds. The summed E-state index contributed by atoms with van der Waals surface area (Å²) in [4.78, 5) is 1.01. The fourth-order valence-electron chi connectivity index (χ4n) is 2.56. The van der Waals surface area contributed by atoms with Crippen LogP contribution >= 0.6 is 22.7 Å². The zero-order valence-electron chi connectivity index (χ0n) is 11.2. The van der Waals surface area contributed by atoms with Gasteiger partial charge < -0.3 is 10.8 Å². The molecule has 0 bridgehead atoms. The average molecular weight is 303 g/mol. The first-order valence-electron chi connectivity index (χ1n) is 6.61. The van der Waals surface area contributed by atoms with Gasteiger partial charge in [0.15, 0.2) is 0 Å². The molecule has 0 spiro atoms. The first kappa shape index (κ1) is 13.8. The Kier molecular flexibility index (Phi) is 3.89. The molecule has 2 nitrogen and oxygen atoms in total. The van der Waals surface area contributed by atoms with Gasteiger partial charge in [-0.2, -0.15) is 0 Å². The Hall–Kier alpha value is -1.20. The van der Waals surface area contributed by atoms with E-state index in [1.807, 2.05) is 12.1 Å². The molecule has 0 radical (unpaired) electrons. The molecule has 3 N–H and O–H groups in total. The molecular weight excluding hydrogens is 286 g/mol. The number of aliphatic hydroxyl groups excluding tert-OH is 1. The molecule has 2 heterocycles. The Balaban J connectivity index is 1.96. The summed E-state index contributed by atoms with van der Waals surface area (Å²) in [5, 5.41) is 12.8. The van der Waals surface area contributed by atoms with Crippen molar-refractivity contribution >= 4 is 32.1 Å². The molecule has 0 saturated heterocycles. The lowest BCUT2D eigenvalue weighted by Gasteiger charge is -2.22. The van der Waals surface area contributed by atoms with Crippen molar-refractivity contribution in [3.63, 3.8) is 0 Å². The SMILES string of the molecule is Cc1ccccc1C(CN)C(O)c1cc2sccc2s1. The summed E-state index contributed by atoms with van der Waals surface area (Å²) in [5.41, 5.74) is 8.25. The predicted molar refractivity (Wildman–Crippen MR) is 87.6 cm³/mol. The van der Waals surface area contributed by atoms with E-state index >= 15 is 0 Å². The molecule has 0 fully saturated rings. The number of rotatable bonds is 4. The van der Waals surface area contributed by atoms with Gasteiger partial charge >= 0.3 is 0 Å². The van der Waals surface area contributed by atoms with E-state index < -0.39 is 6.10 Å². The minimum atomic E-state index is -0.536. The number of aryl methyl sites for hydroxylation is 1. The van der Waals surface area contributed by atoms with E-state index in [4.69, 9.17) is 5.73 Å². The molecule has 2 atom stereocenters. The molecule has 1 aromatic carbocycles. The summed E-state index contributed by atoms with van der Waals surface area (Å²) in [5.74, 6) is -0.0519. The first-order chi connectivity index (χ1) is 9.70. The quantitative estimate of drug-likeness (QED) is 0.764. The van der Waals surface area contributed by atoms with Crippen LogP contribution in [-0.4, -0.2) is 11.7 Å². The van der Waals surface area contributed by atoms with Crippen molar-refractivity contribution in [2.24, 2.45) is 5.73 Å². The summed E-state index contributed by atoms with van der Waals surface area (Å²) in [6.45, 7) is 2.51. The van der Waals surface area contributed by atoms with E-state index in [0.717, 1.165) is 10.4 Å². The Labute approximate surface area is 126 Å². The lowest BCUT2D eigenvalue weighted by atomic mass is 9.89. The van der Waals surface area contributed by atoms with Crippen LogP contribution < -0.4 is 5.73 Å². The van der Waals surface area contributed by atoms with Gasteiger partial charge in [0.2, 0.25) is 0 Å². The van der Waals surface area contributed by atoms with Gasteiger partial charge in [0, 0.05) is 26.7 Å². The van der Waals surface area contributed by atoms with Crippen molar-refractivity contribution in [1.29, 1.82) is 0 Å². The molecule has 0 aliphatic carbocycles. The van der Waals surface area contributed by atoms with Crippen LogP contribution in [-0.2, 0) is 0 Å². The van der Waals surface area contributed by atoms with Crippen molar-refractivity contribution in [3.8, 4) is 0 Å². The molecule has 20 heavy (non-hydrogen) atoms. The molecule has 4 heteroatoms. The van der Waals surface area contributed by atoms with E-state index in [1.54, 1.807) is 22.7 Å². The lowest BCUT2D eigenvalue weighted by Crippen LogP contribution is -2.20. The highest BCUT2D eigenvalue weighted by Gasteiger charge is 2.24. The maximum Gasteiger partial charge on any atom is 0.0963 e. The van der Waals surface area contributed by atoms with Crippen LogP contribution in [0.4, 0.5) is 0 Å². The molecule has 0 saturated carbocycles. The van der Waals surface area contributed by atoms with Crippen molar-refractivity contribution in [1.82, 2.24) is 0 Å². The summed E-state index contributed by atoms with van der Waals surface area (Å²) in [7, 11) is 0. The molecule has 0 aliphatic heterocycles. The first-order valence-corrected chi connectivity index (χ1v) is 8.31. The standard InChI is InChI=1S/C16H17NOS2/c1-10-4-2-3-5-11(10)12(9-17)16(18)15-8-14-13(20-15)6-7-19-14/h2-8,12,16,18H,9,17H2,1H3. The minimum Gasteiger partial charge on any atom is -0.387 e. The molecule has 2 aromatic heterocycles. The van der Waals surface area contributed by atoms with Crippen LogP contribution in [0.15, 0.2) is 41.8 Å². The fourth-order valence-corrected chi connectivity index (χ4v) is 4.73. The maximum atomic E-state index is 10.7. The van der Waals surface area contributed by atoms with Gasteiger partial charge in [0.05, 0.1) is 6.10 Å². The number of benzene rings is 1. The lowest BCUT2D eigenvalue weighted by molar-refractivity contribution is 0.151. The van der Waals surface area contributed by atoms with Crippen molar-refractivity contribution in [2.45, 2.75) is 18.9 Å². The topological polar surface area (TPSA) is 46.2 Å². The minimum absolute atomic E-state index is 0.0519. The van der Waals surface area contributed by atoms with Crippen LogP contribution in [0.25, 0.3) is 9.40 Å². The van der Waals surface area contributed by atoms with Crippen LogP contribution in [0.2, 0.25) is 0 Å². The highest BCUT2D eigenvalue weighted by molar-refractivity contribution is 7.26. The number of thiophene rings is 2. The Morgan fingerprint density at radius 1 is 1.20 bits per heavy atom. The highest BCUT2D eigenvalue weighted by Crippen LogP contribution is 2.39. The molecule has 104 valence electrons. The number of fused-ring (bicyclic) bond motifs is 1. The normalized spacial score (nSPS) is 14.6. The van der Waals surface area contributed by atoms with Gasteiger partial charge in [-0.15, -0.1) is 22.7 Å². The molecule has 0 aliphatic rings. The highest BCUT2D eigenvalue weighted by atomic mass is 32.1. The monoisotopic (exact) mass is 303 g/mol. The molecule has 2 unspecified atom stereocenters. The van der Waals surface area contributed by atoms with Crippen molar-refractivity contribution < 1.29 is 5.11 Å². The average Bonchev–Trinajstić information content (AvgIpc) is 3.02. The third-order valence-electron chi connectivity index (χ3n) is 3.67. The second-order valence-electron chi connectivity index (χ2n) is 4.94. The van der Waals surface area contributed by atoms with Crippen LogP contribution in [0, 0.1) is 6.92 Å².